The van der Waals surface area contributed by atoms with Gasteiger partial charge in [-0.05, 0) is 48.4 Å². The van der Waals surface area contributed by atoms with Crippen molar-refractivity contribution in [2.24, 2.45) is 5.14 Å². The molecule has 0 aliphatic carbocycles. The molecule has 2 aromatic rings. The Morgan fingerprint density at radius 2 is 1.65 bits per heavy atom. The fourth-order valence-corrected chi connectivity index (χ4v) is 2.68. The summed E-state index contributed by atoms with van der Waals surface area (Å²) < 4.78 is 27.2. The van der Waals surface area contributed by atoms with Gasteiger partial charge in [-0.1, -0.05) is 23.7 Å². The topological polar surface area (TPSA) is 116 Å². The molecule has 2 rings (SSSR count). The van der Waals surface area contributed by atoms with Crippen LogP contribution in [0.3, 0.4) is 0 Å². The summed E-state index contributed by atoms with van der Waals surface area (Å²) in [6, 6.07) is 12.2. The second-order valence-electron chi connectivity index (χ2n) is 5.37. The summed E-state index contributed by atoms with van der Waals surface area (Å²) in [6.07, 6.45) is 0.488. The van der Waals surface area contributed by atoms with E-state index in [0.717, 1.165) is 5.56 Å². The molecule has 0 saturated carbocycles. The third kappa shape index (κ3) is 6.14. The molecule has 0 unspecified atom stereocenters. The number of hydrogen-bond donors (Lipinski definition) is 2. The molecule has 138 valence electrons. The number of hydrogen-bond acceptors (Lipinski definition) is 5. The summed E-state index contributed by atoms with van der Waals surface area (Å²) >= 11 is 5.73. The van der Waals surface area contributed by atoms with Crippen molar-refractivity contribution in [3.63, 3.8) is 0 Å². The van der Waals surface area contributed by atoms with Crippen molar-refractivity contribution in [3.8, 4) is 0 Å². The number of primary sulfonamides is 1. The van der Waals surface area contributed by atoms with Crippen LogP contribution in [-0.2, 0) is 26.0 Å². The predicted molar refractivity (Wildman–Crippen MR) is 96.3 cm³/mol. The van der Waals surface area contributed by atoms with E-state index in [0.29, 0.717) is 23.6 Å². The van der Waals surface area contributed by atoms with E-state index in [1.54, 1.807) is 24.3 Å². The highest BCUT2D eigenvalue weighted by molar-refractivity contribution is 7.89. The van der Waals surface area contributed by atoms with E-state index >= 15 is 0 Å². The van der Waals surface area contributed by atoms with Crippen LogP contribution in [0.4, 0.5) is 0 Å². The fourth-order valence-electron chi connectivity index (χ4n) is 2.04. The molecule has 7 nitrogen and oxygen atoms in total. The first kappa shape index (κ1) is 19.9. The van der Waals surface area contributed by atoms with Crippen molar-refractivity contribution in [1.82, 2.24) is 5.32 Å². The first-order valence-electron chi connectivity index (χ1n) is 7.57. The Morgan fingerprint density at radius 1 is 1.04 bits per heavy atom. The fraction of sp³-hybridized carbons (Fsp3) is 0.176. The Bertz CT molecular complexity index is 880. The Balaban J connectivity index is 1.73. The molecule has 3 N–H and O–H groups in total. The van der Waals surface area contributed by atoms with Crippen molar-refractivity contribution in [1.29, 1.82) is 0 Å². The molecule has 0 aliphatic heterocycles. The summed E-state index contributed by atoms with van der Waals surface area (Å²) in [5.41, 5.74) is 1.13. The van der Waals surface area contributed by atoms with Gasteiger partial charge in [-0.3, -0.25) is 4.79 Å². The van der Waals surface area contributed by atoms with E-state index in [4.69, 9.17) is 21.5 Å². The second-order valence-corrected chi connectivity index (χ2v) is 7.37. The molecule has 9 heteroatoms. The number of halogens is 1. The summed E-state index contributed by atoms with van der Waals surface area (Å²) in [6.45, 7) is -0.0855. The Labute approximate surface area is 156 Å². The van der Waals surface area contributed by atoms with Gasteiger partial charge < -0.3 is 10.1 Å². The zero-order chi connectivity index (χ0) is 19.2. The molecule has 0 radical (unpaired) electrons. The third-order valence-electron chi connectivity index (χ3n) is 3.40. The van der Waals surface area contributed by atoms with Crippen LogP contribution in [0.2, 0.25) is 5.02 Å². The summed E-state index contributed by atoms with van der Waals surface area (Å²) in [5.74, 6) is -1.05. The maximum atomic E-state index is 11.8. The molecule has 0 aliphatic rings. The normalized spacial score (nSPS) is 11.0. The summed E-state index contributed by atoms with van der Waals surface area (Å²) in [7, 11) is -3.72. The highest BCUT2D eigenvalue weighted by Crippen LogP contribution is 2.10. The number of nitrogens with one attached hydrogen (secondary N) is 1. The van der Waals surface area contributed by atoms with Gasteiger partial charge in [0.2, 0.25) is 10.0 Å². The van der Waals surface area contributed by atoms with E-state index in [1.165, 1.54) is 24.3 Å². The zero-order valence-electron chi connectivity index (χ0n) is 13.6. The minimum Gasteiger partial charge on any atom is -0.452 e. The number of benzene rings is 2. The zero-order valence-corrected chi connectivity index (χ0v) is 15.2. The molecule has 0 atom stereocenters. The molecule has 26 heavy (non-hydrogen) atoms. The number of amides is 1. The van der Waals surface area contributed by atoms with E-state index in [-0.39, 0.29) is 4.90 Å². The van der Waals surface area contributed by atoms with Gasteiger partial charge in [0.15, 0.2) is 6.61 Å². The number of ether oxygens (including phenoxy) is 1. The number of carbonyl (C=O) groups excluding carboxylic acids is 2. The van der Waals surface area contributed by atoms with Gasteiger partial charge in [-0.25, -0.2) is 18.4 Å². The summed E-state index contributed by atoms with van der Waals surface area (Å²) in [5, 5.41) is 8.13. The maximum absolute atomic E-state index is 11.8. The van der Waals surface area contributed by atoms with Crippen LogP contribution in [-0.4, -0.2) is 33.4 Å². The lowest BCUT2D eigenvalue weighted by molar-refractivity contribution is -0.124. The van der Waals surface area contributed by atoms with Crippen molar-refractivity contribution in [3.05, 3.63) is 64.7 Å². The van der Waals surface area contributed by atoms with Crippen LogP contribution in [0, 0.1) is 0 Å². The van der Waals surface area contributed by atoms with Crippen LogP contribution in [0.15, 0.2) is 53.4 Å². The van der Waals surface area contributed by atoms with Crippen molar-refractivity contribution in [2.45, 2.75) is 11.3 Å². The Morgan fingerprint density at radius 3 is 2.23 bits per heavy atom. The molecule has 0 heterocycles. The Hall–Kier alpha value is -2.42. The first-order valence-corrected chi connectivity index (χ1v) is 9.49. The third-order valence-corrected chi connectivity index (χ3v) is 4.58. The molecular weight excluding hydrogens is 380 g/mol. The van der Waals surface area contributed by atoms with Crippen LogP contribution >= 0.6 is 11.6 Å². The van der Waals surface area contributed by atoms with E-state index in [1.807, 2.05) is 0 Å². The van der Waals surface area contributed by atoms with Crippen LogP contribution in [0.25, 0.3) is 0 Å². The molecule has 0 aromatic heterocycles. The standard InChI is InChI=1S/C17H17ClN2O5S/c18-14-5-3-13(4-6-14)17(22)25-11-16(21)20-10-9-12-1-7-15(8-2-12)26(19,23)24/h1-8H,9-11H2,(H,20,21)(H2,19,23,24). The van der Waals surface area contributed by atoms with Crippen LogP contribution in [0.1, 0.15) is 15.9 Å². The number of sulfonamides is 1. The minimum absolute atomic E-state index is 0.0272. The number of rotatable bonds is 7. The molecule has 2 aromatic carbocycles. The first-order chi connectivity index (χ1) is 12.3. The number of carbonyl (C=O) groups is 2. The predicted octanol–water partition coefficient (Wildman–Crippen LogP) is 1.50. The maximum Gasteiger partial charge on any atom is 0.338 e. The average Bonchev–Trinajstić information content (AvgIpc) is 2.60. The largest absolute Gasteiger partial charge is 0.452 e. The molecule has 0 saturated heterocycles. The highest BCUT2D eigenvalue weighted by atomic mass is 35.5. The monoisotopic (exact) mass is 396 g/mol. The van der Waals surface area contributed by atoms with E-state index in [2.05, 4.69) is 5.32 Å². The van der Waals surface area contributed by atoms with Gasteiger partial charge >= 0.3 is 5.97 Å². The van der Waals surface area contributed by atoms with Gasteiger partial charge in [0.25, 0.3) is 5.91 Å². The number of nitrogens with two attached hydrogens (primary N) is 1. The smallest absolute Gasteiger partial charge is 0.338 e. The van der Waals surface area contributed by atoms with Gasteiger partial charge in [-0.15, -0.1) is 0 Å². The SMILES string of the molecule is NS(=O)(=O)c1ccc(CCNC(=O)COC(=O)c2ccc(Cl)cc2)cc1. The molecule has 0 spiro atoms. The van der Waals surface area contributed by atoms with Crippen LogP contribution < -0.4 is 10.5 Å². The van der Waals surface area contributed by atoms with E-state index < -0.39 is 28.5 Å². The van der Waals surface area contributed by atoms with Gasteiger partial charge in [0.1, 0.15) is 0 Å². The lowest BCUT2D eigenvalue weighted by atomic mass is 10.1. The van der Waals surface area contributed by atoms with Gasteiger partial charge in [0.05, 0.1) is 10.5 Å². The lowest BCUT2D eigenvalue weighted by Gasteiger charge is -2.07. The molecule has 0 fully saturated rings. The van der Waals surface area contributed by atoms with Gasteiger partial charge in [0, 0.05) is 11.6 Å². The molecular formula is C17H17ClN2O5S. The highest BCUT2D eigenvalue weighted by Gasteiger charge is 2.10. The van der Waals surface area contributed by atoms with Crippen molar-refractivity contribution >= 4 is 33.5 Å². The minimum atomic E-state index is -3.72. The number of esters is 1. The van der Waals surface area contributed by atoms with Crippen LogP contribution in [0.5, 0.6) is 0 Å². The molecule has 1 amide bonds. The second kappa shape index (κ2) is 8.79. The molecule has 0 bridgehead atoms. The van der Waals surface area contributed by atoms with E-state index in [9.17, 15) is 18.0 Å². The quantitative estimate of drug-likeness (QED) is 0.688. The average molecular weight is 397 g/mol. The van der Waals surface area contributed by atoms with Crippen molar-refractivity contribution in [2.75, 3.05) is 13.2 Å². The summed E-state index contributed by atoms with van der Waals surface area (Å²) in [4.78, 5) is 23.5. The Kier molecular flexibility index (Phi) is 6.73. The van der Waals surface area contributed by atoms with Gasteiger partial charge in [-0.2, -0.15) is 0 Å². The lowest BCUT2D eigenvalue weighted by Crippen LogP contribution is -2.30. The van der Waals surface area contributed by atoms with Crippen molar-refractivity contribution < 1.29 is 22.7 Å².